The van der Waals surface area contributed by atoms with E-state index in [-0.39, 0.29) is 11.9 Å². The molecule has 2 heterocycles. The summed E-state index contributed by atoms with van der Waals surface area (Å²) in [5, 5.41) is 6.36. The number of carbonyl (C=O) groups excluding carboxylic acids is 2. The van der Waals surface area contributed by atoms with Gasteiger partial charge in [-0.25, -0.2) is 4.79 Å². The molecule has 0 saturated carbocycles. The summed E-state index contributed by atoms with van der Waals surface area (Å²) in [6, 6.07) is 17.6. The zero-order valence-electron chi connectivity index (χ0n) is 19.0. The highest BCUT2D eigenvalue weighted by molar-refractivity contribution is 9.09. The Bertz CT molecular complexity index is 872. The van der Waals surface area contributed by atoms with Crippen LogP contribution in [0.25, 0.3) is 0 Å². The molecular formula is C25H32BrN3O3. The summed E-state index contributed by atoms with van der Waals surface area (Å²) < 4.78 is 5.26. The van der Waals surface area contributed by atoms with Crippen LogP contribution in [0.2, 0.25) is 0 Å². The first-order valence-electron chi connectivity index (χ1n) is 11.1. The predicted molar refractivity (Wildman–Crippen MR) is 132 cm³/mol. The number of alkyl halides is 1. The van der Waals surface area contributed by atoms with Gasteiger partial charge in [0.1, 0.15) is 5.75 Å². The van der Waals surface area contributed by atoms with Crippen LogP contribution in [0.15, 0.2) is 59.7 Å². The molecule has 1 atom stereocenters. The molecule has 2 aliphatic rings. The van der Waals surface area contributed by atoms with Gasteiger partial charge in [0.15, 0.2) is 0 Å². The van der Waals surface area contributed by atoms with E-state index in [0.29, 0.717) is 18.7 Å². The SMILES string of the molecule is BrCCc1ccccc1.CC.Cc1ccc(OC(=O)N2CC(N3CCCC3=O)C=N2)cc1. The fraction of sp³-hybridized carbons (Fsp3) is 0.400. The van der Waals surface area contributed by atoms with Crippen LogP contribution in [-0.2, 0) is 11.2 Å². The van der Waals surface area contributed by atoms with Gasteiger partial charge in [0.2, 0.25) is 5.91 Å². The summed E-state index contributed by atoms with van der Waals surface area (Å²) in [5.74, 6) is 0.613. The molecule has 0 aromatic heterocycles. The Balaban J connectivity index is 0.000000277. The molecular weight excluding hydrogens is 470 g/mol. The Morgan fingerprint density at radius 1 is 1.12 bits per heavy atom. The van der Waals surface area contributed by atoms with E-state index in [4.69, 9.17) is 4.74 Å². The van der Waals surface area contributed by atoms with Crippen molar-refractivity contribution in [2.75, 3.05) is 18.4 Å². The molecule has 2 aliphatic heterocycles. The van der Waals surface area contributed by atoms with Crippen molar-refractivity contribution in [2.24, 2.45) is 5.10 Å². The molecule has 1 saturated heterocycles. The lowest BCUT2D eigenvalue weighted by Crippen LogP contribution is -2.41. The minimum absolute atomic E-state index is 0.125. The maximum atomic E-state index is 12.0. The second-order valence-electron chi connectivity index (χ2n) is 7.21. The zero-order valence-corrected chi connectivity index (χ0v) is 20.6. The molecule has 2 aromatic rings. The van der Waals surface area contributed by atoms with Crippen LogP contribution in [0.3, 0.4) is 0 Å². The van der Waals surface area contributed by atoms with Gasteiger partial charge in [0.05, 0.1) is 12.6 Å². The first-order chi connectivity index (χ1) is 15.6. The number of hydrogen-bond acceptors (Lipinski definition) is 4. The number of carbonyl (C=O) groups is 2. The molecule has 32 heavy (non-hydrogen) atoms. The molecule has 0 spiro atoms. The number of nitrogens with zero attached hydrogens (tertiary/aromatic N) is 3. The monoisotopic (exact) mass is 501 g/mol. The van der Waals surface area contributed by atoms with Crippen molar-refractivity contribution in [3.8, 4) is 5.75 Å². The van der Waals surface area contributed by atoms with Gasteiger partial charge in [-0.3, -0.25) is 4.79 Å². The van der Waals surface area contributed by atoms with E-state index >= 15 is 0 Å². The van der Waals surface area contributed by atoms with E-state index in [1.807, 2.05) is 39.0 Å². The lowest BCUT2D eigenvalue weighted by molar-refractivity contribution is -0.128. The summed E-state index contributed by atoms with van der Waals surface area (Å²) in [4.78, 5) is 25.5. The maximum Gasteiger partial charge on any atom is 0.435 e. The van der Waals surface area contributed by atoms with Crippen molar-refractivity contribution in [3.63, 3.8) is 0 Å². The third-order valence-corrected chi connectivity index (χ3v) is 5.31. The second-order valence-corrected chi connectivity index (χ2v) is 8.00. The number of aryl methyl sites for hydroxylation is 2. The van der Waals surface area contributed by atoms with E-state index in [1.165, 1.54) is 10.6 Å². The Morgan fingerprint density at radius 2 is 1.81 bits per heavy atom. The topological polar surface area (TPSA) is 62.2 Å². The number of amides is 2. The molecule has 0 aliphatic carbocycles. The van der Waals surface area contributed by atoms with Crippen LogP contribution < -0.4 is 4.74 Å². The molecule has 172 valence electrons. The van der Waals surface area contributed by atoms with Crippen LogP contribution in [0.4, 0.5) is 4.79 Å². The second kappa shape index (κ2) is 13.7. The van der Waals surface area contributed by atoms with E-state index in [1.54, 1.807) is 23.2 Å². The molecule has 0 radical (unpaired) electrons. The van der Waals surface area contributed by atoms with Crippen LogP contribution >= 0.6 is 15.9 Å². The van der Waals surface area contributed by atoms with Gasteiger partial charge in [-0.2, -0.15) is 10.1 Å². The van der Waals surface area contributed by atoms with Gasteiger partial charge < -0.3 is 9.64 Å². The molecule has 6 nitrogen and oxygen atoms in total. The third-order valence-electron chi connectivity index (χ3n) is 4.91. The van der Waals surface area contributed by atoms with Crippen LogP contribution in [0, 0.1) is 6.92 Å². The Hall–Kier alpha value is -2.67. The minimum atomic E-state index is -0.524. The van der Waals surface area contributed by atoms with Crippen molar-refractivity contribution in [1.29, 1.82) is 0 Å². The Morgan fingerprint density at radius 3 is 2.41 bits per heavy atom. The van der Waals surface area contributed by atoms with Gasteiger partial charge >= 0.3 is 6.09 Å². The molecule has 7 heteroatoms. The number of likely N-dealkylation sites (tertiary alicyclic amines) is 1. The number of halogens is 1. The van der Waals surface area contributed by atoms with E-state index in [9.17, 15) is 9.59 Å². The minimum Gasteiger partial charge on any atom is -0.409 e. The third kappa shape index (κ3) is 7.79. The van der Waals surface area contributed by atoms with Crippen molar-refractivity contribution in [2.45, 2.75) is 46.1 Å². The maximum absolute atomic E-state index is 12.0. The molecule has 4 rings (SSSR count). The highest BCUT2D eigenvalue weighted by Gasteiger charge is 2.33. The smallest absolute Gasteiger partial charge is 0.409 e. The van der Waals surface area contributed by atoms with Gasteiger partial charge in [-0.15, -0.1) is 0 Å². The van der Waals surface area contributed by atoms with Crippen LogP contribution in [-0.4, -0.2) is 52.6 Å². The van der Waals surface area contributed by atoms with Crippen LogP contribution in [0.5, 0.6) is 5.75 Å². The molecule has 0 bridgehead atoms. The Labute approximate surface area is 199 Å². The fourth-order valence-corrected chi connectivity index (χ4v) is 3.72. The largest absolute Gasteiger partial charge is 0.435 e. The van der Waals surface area contributed by atoms with E-state index in [2.05, 4.69) is 45.3 Å². The quantitative estimate of drug-likeness (QED) is 0.524. The van der Waals surface area contributed by atoms with Crippen molar-refractivity contribution >= 4 is 34.1 Å². The lowest BCUT2D eigenvalue weighted by atomic mass is 10.2. The number of benzene rings is 2. The average Bonchev–Trinajstić information content (AvgIpc) is 3.47. The van der Waals surface area contributed by atoms with Crippen LogP contribution in [0.1, 0.15) is 37.8 Å². The van der Waals surface area contributed by atoms with Crippen molar-refractivity contribution < 1.29 is 14.3 Å². The molecule has 1 unspecified atom stereocenters. The summed E-state index contributed by atoms with van der Waals surface area (Å²) >= 11 is 3.39. The predicted octanol–water partition coefficient (Wildman–Crippen LogP) is 5.44. The molecule has 0 N–H and O–H groups in total. The van der Waals surface area contributed by atoms with Crippen molar-refractivity contribution in [1.82, 2.24) is 9.91 Å². The summed E-state index contributed by atoms with van der Waals surface area (Å²) in [7, 11) is 0. The van der Waals surface area contributed by atoms with Gasteiger partial charge in [0, 0.05) is 24.5 Å². The first-order valence-corrected chi connectivity index (χ1v) is 12.2. The fourth-order valence-electron chi connectivity index (χ4n) is 3.26. The highest BCUT2D eigenvalue weighted by atomic mass is 79.9. The van der Waals surface area contributed by atoms with E-state index < -0.39 is 6.09 Å². The average molecular weight is 502 g/mol. The number of rotatable bonds is 4. The number of hydrazone groups is 1. The van der Waals surface area contributed by atoms with Gasteiger partial charge in [-0.05, 0) is 37.5 Å². The van der Waals surface area contributed by atoms with E-state index in [0.717, 1.165) is 30.3 Å². The first kappa shape index (κ1) is 25.6. The lowest BCUT2D eigenvalue weighted by Gasteiger charge is -2.22. The zero-order chi connectivity index (χ0) is 23.3. The molecule has 2 amide bonds. The molecule has 1 fully saturated rings. The van der Waals surface area contributed by atoms with Gasteiger partial charge in [0.25, 0.3) is 0 Å². The van der Waals surface area contributed by atoms with Gasteiger partial charge in [-0.1, -0.05) is 77.8 Å². The summed E-state index contributed by atoms with van der Waals surface area (Å²) in [5.41, 5.74) is 2.50. The standard InChI is InChI=1S/C15H17N3O3.C8H9Br.C2H6/c1-11-4-6-13(7-5-11)21-15(20)18-10-12(9-16-18)17-8-2-3-14(17)19;9-7-6-8-4-2-1-3-5-8;1-2/h4-7,9,12H,2-3,8,10H2,1H3;1-5H,6-7H2;1-2H3. The number of ether oxygens (including phenoxy) is 1. The highest BCUT2D eigenvalue weighted by Crippen LogP contribution is 2.18. The summed E-state index contributed by atoms with van der Waals surface area (Å²) in [6.45, 7) is 7.06. The Kier molecular flexibility index (Phi) is 10.9. The molecule has 2 aromatic carbocycles. The number of hydrogen-bond donors (Lipinski definition) is 0. The normalized spacial score (nSPS) is 16.8. The van der Waals surface area contributed by atoms with Crippen molar-refractivity contribution in [3.05, 3.63) is 65.7 Å². The summed E-state index contributed by atoms with van der Waals surface area (Å²) in [6.07, 6.45) is 3.69.